The second-order valence-electron chi connectivity index (χ2n) is 4.33. The molecule has 1 amide bonds. The van der Waals surface area contributed by atoms with Crippen LogP contribution in [-0.4, -0.2) is 31.8 Å². The molecule has 0 spiro atoms. The van der Waals surface area contributed by atoms with Crippen LogP contribution in [0.4, 0.5) is 24.8 Å². The molecule has 8 nitrogen and oxygen atoms in total. The average Bonchev–Trinajstić information content (AvgIpc) is 2.89. The summed E-state index contributed by atoms with van der Waals surface area (Å²) in [6, 6.07) is 5.16. The van der Waals surface area contributed by atoms with E-state index in [0.717, 1.165) is 4.68 Å². The fourth-order valence-electron chi connectivity index (χ4n) is 1.68. The van der Waals surface area contributed by atoms with Gasteiger partial charge >= 0.3 is 12.1 Å². The quantitative estimate of drug-likeness (QED) is 0.685. The fourth-order valence-corrected chi connectivity index (χ4v) is 1.68. The molecule has 2 aromatic rings. The van der Waals surface area contributed by atoms with E-state index in [1.165, 1.54) is 24.3 Å². The Morgan fingerprint density at radius 3 is 2.43 bits per heavy atom. The van der Waals surface area contributed by atoms with E-state index in [4.69, 9.17) is 0 Å². The largest absolute Gasteiger partial charge is 0.471 e. The number of aromatic nitrogens is 3. The molecular weight excluding hydrogens is 319 g/mol. The zero-order chi connectivity index (χ0) is 17.2. The van der Waals surface area contributed by atoms with Crippen LogP contribution < -0.4 is 5.32 Å². The lowest BCUT2D eigenvalue weighted by Crippen LogP contribution is -2.31. The number of nitro groups is 1. The van der Waals surface area contributed by atoms with E-state index in [0.29, 0.717) is 5.56 Å². The van der Waals surface area contributed by atoms with Gasteiger partial charge in [0.15, 0.2) is 5.82 Å². The standard InChI is InChI=1S/C12H10F3N5O3/c1-2-19-11(17-10(21)12(13,14)15)16-9(18-19)7-3-5-8(6-4-7)20(22)23/h3-6H,2H2,1H3,(H,16,17,18,21). The van der Waals surface area contributed by atoms with Gasteiger partial charge in [-0.15, -0.1) is 5.10 Å². The zero-order valence-corrected chi connectivity index (χ0v) is 11.7. The summed E-state index contributed by atoms with van der Waals surface area (Å²) in [6.45, 7) is 1.78. The molecule has 1 aromatic heterocycles. The van der Waals surface area contributed by atoms with E-state index in [1.54, 1.807) is 12.2 Å². The van der Waals surface area contributed by atoms with Crippen molar-refractivity contribution in [1.29, 1.82) is 0 Å². The average molecular weight is 329 g/mol. The Hall–Kier alpha value is -2.98. The summed E-state index contributed by atoms with van der Waals surface area (Å²) in [4.78, 5) is 24.8. The normalized spacial score (nSPS) is 11.3. The number of halogens is 3. The van der Waals surface area contributed by atoms with Crippen LogP contribution >= 0.6 is 0 Å². The topological polar surface area (TPSA) is 103 Å². The molecule has 0 bridgehead atoms. The summed E-state index contributed by atoms with van der Waals surface area (Å²) in [5.41, 5.74) is 0.222. The molecule has 1 N–H and O–H groups in total. The highest BCUT2D eigenvalue weighted by molar-refractivity contribution is 5.93. The number of benzene rings is 1. The van der Waals surface area contributed by atoms with Gasteiger partial charge in [0.2, 0.25) is 5.95 Å². The summed E-state index contributed by atoms with van der Waals surface area (Å²) in [5.74, 6) is -2.47. The predicted molar refractivity (Wildman–Crippen MR) is 72.5 cm³/mol. The van der Waals surface area contributed by atoms with Crippen molar-refractivity contribution in [1.82, 2.24) is 14.8 Å². The highest BCUT2D eigenvalue weighted by atomic mass is 19.4. The van der Waals surface area contributed by atoms with Crippen LogP contribution in [0.5, 0.6) is 0 Å². The van der Waals surface area contributed by atoms with Crippen LogP contribution in [0.1, 0.15) is 6.92 Å². The van der Waals surface area contributed by atoms with Crippen LogP contribution in [0.3, 0.4) is 0 Å². The number of nitrogens with zero attached hydrogens (tertiary/aromatic N) is 4. The van der Waals surface area contributed by atoms with Crippen molar-refractivity contribution in [2.75, 3.05) is 5.32 Å². The van der Waals surface area contributed by atoms with Crippen molar-refractivity contribution in [3.8, 4) is 11.4 Å². The van der Waals surface area contributed by atoms with Crippen LogP contribution in [0.25, 0.3) is 11.4 Å². The van der Waals surface area contributed by atoms with E-state index in [-0.39, 0.29) is 24.0 Å². The molecule has 0 saturated heterocycles. The molecular formula is C12H10F3N5O3. The molecule has 23 heavy (non-hydrogen) atoms. The van der Waals surface area contributed by atoms with E-state index >= 15 is 0 Å². The number of rotatable bonds is 4. The minimum Gasteiger partial charge on any atom is -0.287 e. The molecule has 0 fully saturated rings. The van der Waals surface area contributed by atoms with Gasteiger partial charge in [0.1, 0.15) is 0 Å². The first-order chi connectivity index (χ1) is 10.7. The van der Waals surface area contributed by atoms with Crippen molar-refractivity contribution in [2.45, 2.75) is 19.6 Å². The third-order valence-corrected chi connectivity index (χ3v) is 2.79. The van der Waals surface area contributed by atoms with E-state index in [2.05, 4.69) is 10.1 Å². The lowest BCUT2D eigenvalue weighted by molar-refractivity contribution is -0.384. The number of hydrogen-bond donors (Lipinski definition) is 1. The number of hydrogen-bond acceptors (Lipinski definition) is 5. The first-order valence-corrected chi connectivity index (χ1v) is 6.30. The number of non-ortho nitro benzene ring substituents is 1. The van der Waals surface area contributed by atoms with Crippen LogP contribution in [-0.2, 0) is 11.3 Å². The van der Waals surface area contributed by atoms with Gasteiger partial charge in [0, 0.05) is 24.2 Å². The number of amides is 1. The molecule has 11 heteroatoms. The van der Waals surface area contributed by atoms with Crippen LogP contribution in [0.2, 0.25) is 0 Å². The van der Waals surface area contributed by atoms with Gasteiger partial charge in [-0.1, -0.05) is 0 Å². The van der Waals surface area contributed by atoms with Crippen molar-refractivity contribution in [3.05, 3.63) is 34.4 Å². The molecule has 0 unspecified atom stereocenters. The summed E-state index contributed by atoms with van der Waals surface area (Å²) in [5, 5.41) is 16.2. The Morgan fingerprint density at radius 2 is 1.96 bits per heavy atom. The van der Waals surface area contributed by atoms with Gasteiger partial charge in [0.25, 0.3) is 5.69 Å². The Kier molecular flexibility index (Phi) is 4.29. The monoisotopic (exact) mass is 329 g/mol. The Labute approximate surface area is 127 Å². The van der Waals surface area contributed by atoms with Crippen molar-refractivity contribution in [3.63, 3.8) is 0 Å². The third kappa shape index (κ3) is 3.62. The summed E-state index contributed by atoms with van der Waals surface area (Å²) < 4.78 is 37.9. The van der Waals surface area contributed by atoms with Gasteiger partial charge < -0.3 is 0 Å². The number of nitrogens with one attached hydrogen (secondary N) is 1. The maximum absolute atomic E-state index is 12.3. The maximum atomic E-state index is 12.3. The third-order valence-electron chi connectivity index (χ3n) is 2.79. The molecule has 0 atom stereocenters. The van der Waals surface area contributed by atoms with Gasteiger partial charge in [-0.05, 0) is 19.1 Å². The lowest BCUT2D eigenvalue weighted by Gasteiger charge is -2.07. The Balaban J connectivity index is 2.31. The van der Waals surface area contributed by atoms with E-state index in [1.807, 2.05) is 0 Å². The minimum atomic E-state index is -5.04. The second-order valence-corrected chi connectivity index (χ2v) is 4.33. The van der Waals surface area contributed by atoms with Crippen molar-refractivity contribution >= 4 is 17.5 Å². The number of aryl methyl sites for hydroxylation is 1. The molecule has 122 valence electrons. The highest BCUT2D eigenvalue weighted by Crippen LogP contribution is 2.22. The molecule has 1 heterocycles. The predicted octanol–water partition coefficient (Wildman–Crippen LogP) is 2.37. The highest BCUT2D eigenvalue weighted by Gasteiger charge is 2.39. The number of anilines is 1. The molecule has 1 aromatic carbocycles. The van der Waals surface area contributed by atoms with Gasteiger partial charge in [-0.2, -0.15) is 18.2 Å². The molecule has 0 aliphatic carbocycles. The molecule has 2 rings (SSSR count). The molecule has 0 saturated carbocycles. The van der Waals surface area contributed by atoms with E-state index in [9.17, 15) is 28.1 Å². The van der Waals surface area contributed by atoms with Gasteiger partial charge in [0.05, 0.1) is 4.92 Å². The number of carbonyl (C=O) groups excluding carboxylic acids is 1. The SMILES string of the molecule is CCn1nc(-c2ccc([N+](=O)[O-])cc2)nc1NC(=O)C(F)(F)F. The summed E-state index contributed by atoms with van der Waals surface area (Å²) in [6.07, 6.45) is -5.04. The smallest absolute Gasteiger partial charge is 0.287 e. The molecule has 0 aliphatic rings. The number of alkyl halides is 3. The number of carbonyl (C=O) groups is 1. The molecule has 0 aliphatic heterocycles. The fraction of sp³-hybridized carbons (Fsp3) is 0.250. The van der Waals surface area contributed by atoms with E-state index < -0.39 is 17.0 Å². The van der Waals surface area contributed by atoms with Gasteiger partial charge in [-0.3, -0.25) is 20.2 Å². The minimum absolute atomic E-state index is 0.0409. The Bertz CT molecular complexity index is 739. The van der Waals surface area contributed by atoms with Crippen LogP contribution in [0, 0.1) is 10.1 Å². The van der Waals surface area contributed by atoms with Crippen molar-refractivity contribution in [2.24, 2.45) is 0 Å². The first-order valence-electron chi connectivity index (χ1n) is 6.30. The molecule has 0 radical (unpaired) electrons. The summed E-state index contributed by atoms with van der Waals surface area (Å²) in [7, 11) is 0. The Morgan fingerprint density at radius 1 is 1.35 bits per heavy atom. The summed E-state index contributed by atoms with van der Waals surface area (Å²) >= 11 is 0. The zero-order valence-electron chi connectivity index (χ0n) is 11.7. The number of nitro benzene ring substituents is 1. The van der Waals surface area contributed by atoms with Gasteiger partial charge in [-0.25, -0.2) is 4.68 Å². The van der Waals surface area contributed by atoms with Crippen LogP contribution in [0.15, 0.2) is 24.3 Å². The first kappa shape index (κ1) is 16.4. The van der Waals surface area contributed by atoms with Crippen molar-refractivity contribution < 1.29 is 22.9 Å². The second kappa shape index (κ2) is 6.02. The lowest BCUT2D eigenvalue weighted by atomic mass is 10.2. The maximum Gasteiger partial charge on any atom is 0.471 e.